The average molecular weight is 383 g/mol. The van der Waals surface area contributed by atoms with Gasteiger partial charge in [0.25, 0.3) is 0 Å². The fraction of sp³-hybridized carbons (Fsp3) is 0.500. The van der Waals surface area contributed by atoms with E-state index in [0.29, 0.717) is 17.5 Å². The number of carbonyl (C=O) groups is 1. The molecule has 140 valence electrons. The third-order valence-corrected chi connectivity index (χ3v) is 5.80. The molecule has 0 radical (unpaired) electrons. The van der Waals surface area contributed by atoms with E-state index in [1.165, 1.54) is 23.5 Å². The van der Waals surface area contributed by atoms with Crippen molar-refractivity contribution >= 4 is 22.4 Å². The molecule has 1 N–H and O–H groups in total. The van der Waals surface area contributed by atoms with E-state index in [2.05, 4.69) is 29.4 Å². The first-order valence-corrected chi connectivity index (χ1v) is 9.47. The largest absolute Gasteiger partial charge is 0.416 e. The van der Waals surface area contributed by atoms with E-state index < -0.39 is 23.6 Å². The number of benzene rings is 1. The van der Waals surface area contributed by atoms with E-state index in [-0.39, 0.29) is 11.5 Å². The Morgan fingerprint density at radius 1 is 1.27 bits per heavy atom. The van der Waals surface area contributed by atoms with Crippen LogP contribution >= 0.6 is 11.3 Å². The summed E-state index contributed by atoms with van der Waals surface area (Å²) in [5.41, 5.74) is -0.470. The molecule has 1 amide bonds. The van der Waals surface area contributed by atoms with Gasteiger partial charge in [0.05, 0.1) is 5.56 Å². The van der Waals surface area contributed by atoms with Gasteiger partial charge in [0.1, 0.15) is 5.01 Å². The van der Waals surface area contributed by atoms with Crippen molar-refractivity contribution in [1.29, 1.82) is 0 Å². The van der Waals surface area contributed by atoms with E-state index in [1.807, 2.05) is 0 Å². The minimum Gasteiger partial charge on any atom is -0.300 e. The zero-order chi connectivity index (χ0) is 18.9. The maximum atomic E-state index is 13.1. The highest BCUT2D eigenvalue weighted by Gasteiger charge is 2.48. The molecule has 26 heavy (non-hydrogen) atoms. The Balaban J connectivity index is 1.67. The van der Waals surface area contributed by atoms with Crippen LogP contribution in [0.5, 0.6) is 0 Å². The van der Waals surface area contributed by atoms with Crippen LogP contribution in [0.2, 0.25) is 0 Å². The summed E-state index contributed by atoms with van der Waals surface area (Å²) in [6, 6.07) is 5.46. The molecule has 4 nitrogen and oxygen atoms in total. The van der Waals surface area contributed by atoms with E-state index in [9.17, 15) is 18.0 Å². The van der Waals surface area contributed by atoms with Gasteiger partial charge in [0.15, 0.2) is 0 Å². The molecule has 3 rings (SSSR count). The van der Waals surface area contributed by atoms with Gasteiger partial charge in [0, 0.05) is 11.8 Å². The zero-order valence-electron chi connectivity index (χ0n) is 14.5. The van der Waals surface area contributed by atoms with Crippen molar-refractivity contribution in [2.75, 3.05) is 5.32 Å². The van der Waals surface area contributed by atoms with Crippen molar-refractivity contribution in [3.8, 4) is 0 Å². The van der Waals surface area contributed by atoms with Crippen molar-refractivity contribution in [3.63, 3.8) is 0 Å². The lowest BCUT2D eigenvalue weighted by atomic mass is 10.0. The smallest absolute Gasteiger partial charge is 0.300 e. The van der Waals surface area contributed by atoms with Gasteiger partial charge in [-0.2, -0.15) is 13.2 Å². The third kappa shape index (κ3) is 3.90. The number of nitrogens with one attached hydrogen (secondary N) is 1. The molecule has 0 bridgehead atoms. The van der Waals surface area contributed by atoms with Gasteiger partial charge in [-0.3, -0.25) is 4.79 Å². The van der Waals surface area contributed by atoms with Crippen LogP contribution in [-0.4, -0.2) is 16.1 Å². The molecular weight excluding hydrogens is 363 g/mol. The Kier molecular flexibility index (Phi) is 5.32. The molecule has 8 heteroatoms. The minimum atomic E-state index is -4.41. The molecule has 0 saturated heterocycles. The predicted molar refractivity (Wildman–Crippen MR) is 94.2 cm³/mol. The highest BCUT2D eigenvalue weighted by atomic mass is 32.1. The number of amides is 1. The first-order chi connectivity index (χ1) is 12.3. The van der Waals surface area contributed by atoms with Crippen molar-refractivity contribution in [2.45, 2.75) is 51.1 Å². The van der Waals surface area contributed by atoms with Gasteiger partial charge in [-0.1, -0.05) is 43.4 Å². The van der Waals surface area contributed by atoms with Crippen LogP contribution < -0.4 is 5.32 Å². The maximum absolute atomic E-state index is 13.1. The first kappa shape index (κ1) is 18.8. The molecule has 1 aromatic carbocycles. The fourth-order valence-electron chi connectivity index (χ4n) is 3.19. The van der Waals surface area contributed by atoms with Gasteiger partial charge in [-0.15, -0.1) is 10.2 Å². The summed E-state index contributed by atoms with van der Waals surface area (Å²) in [6.45, 7) is 4.14. The summed E-state index contributed by atoms with van der Waals surface area (Å²) in [5, 5.41) is 12.1. The average Bonchev–Trinajstić information content (AvgIpc) is 3.29. The monoisotopic (exact) mass is 383 g/mol. The summed E-state index contributed by atoms with van der Waals surface area (Å²) in [6.07, 6.45) is -2.11. The maximum Gasteiger partial charge on any atom is 0.416 e. The van der Waals surface area contributed by atoms with Crippen molar-refractivity contribution in [1.82, 2.24) is 10.2 Å². The summed E-state index contributed by atoms with van der Waals surface area (Å²) in [5.74, 6) is -0.844. The molecule has 1 aromatic heterocycles. The van der Waals surface area contributed by atoms with Gasteiger partial charge >= 0.3 is 6.18 Å². The standard InChI is InChI=1S/C18H20F3N3OS/c1-3-10(4-2)16-23-24-17(26-16)22-15(25)13-9-12(13)11-7-5-6-8-14(11)18(19,20)21/h5-8,10,12-13H,3-4,9H2,1-2H3,(H,22,24,25). The molecule has 1 fully saturated rings. The van der Waals surface area contributed by atoms with Crippen LogP contribution in [-0.2, 0) is 11.0 Å². The lowest BCUT2D eigenvalue weighted by Gasteiger charge is -2.12. The second-order valence-electron chi connectivity index (χ2n) is 6.48. The topological polar surface area (TPSA) is 54.9 Å². The molecule has 2 aromatic rings. The summed E-state index contributed by atoms with van der Waals surface area (Å²) in [7, 11) is 0. The predicted octanol–water partition coefficient (Wildman–Crippen LogP) is 5.20. The molecule has 0 aliphatic heterocycles. The van der Waals surface area contributed by atoms with Crippen molar-refractivity contribution in [3.05, 3.63) is 40.4 Å². The number of rotatable bonds is 6. The summed E-state index contributed by atoms with van der Waals surface area (Å²) < 4.78 is 39.4. The number of halogens is 3. The third-order valence-electron chi connectivity index (χ3n) is 4.80. The number of carbonyl (C=O) groups excluding carboxylic acids is 1. The quantitative estimate of drug-likeness (QED) is 0.746. The second kappa shape index (κ2) is 7.34. The van der Waals surface area contributed by atoms with Crippen molar-refractivity contribution < 1.29 is 18.0 Å². The van der Waals surface area contributed by atoms with Gasteiger partial charge in [0.2, 0.25) is 11.0 Å². The van der Waals surface area contributed by atoms with Gasteiger partial charge in [-0.25, -0.2) is 0 Å². The van der Waals surface area contributed by atoms with Crippen LogP contribution in [0, 0.1) is 5.92 Å². The van der Waals surface area contributed by atoms with E-state index in [4.69, 9.17) is 0 Å². The molecule has 1 saturated carbocycles. The minimum absolute atomic E-state index is 0.190. The van der Waals surface area contributed by atoms with Gasteiger partial charge < -0.3 is 5.32 Å². The number of alkyl halides is 3. The molecule has 2 atom stereocenters. The number of hydrogen-bond acceptors (Lipinski definition) is 4. The number of hydrogen-bond donors (Lipinski definition) is 1. The molecule has 0 spiro atoms. The molecule has 1 aliphatic carbocycles. The zero-order valence-corrected chi connectivity index (χ0v) is 15.3. The Hall–Kier alpha value is -1.96. The molecular formula is C18H20F3N3OS. The number of nitrogens with zero attached hydrogens (tertiary/aromatic N) is 2. The summed E-state index contributed by atoms with van der Waals surface area (Å²) >= 11 is 1.33. The van der Waals surface area contributed by atoms with Crippen LogP contribution in [0.25, 0.3) is 0 Å². The van der Waals surface area contributed by atoms with Crippen molar-refractivity contribution in [2.24, 2.45) is 5.92 Å². The SMILES string of the molecule is CCC(CC)c1nnc(NC(=O)C2CC2c2ccccc2C(F)(F)F)s1. The Morgan fingerprint density at radius 2 is 1.96 bits per heavy atom. The number of aromatic nitrogens is 2. The van der Waals surface area contributed by atoms with Crippen LogP contribution in [0.1, 0.15) is 61.1 Å². The molecule has 1 heterocycles. The Bertz CT molecular complexity index is 786. The first-order valence-electron chi connectivity index (χ1n) is 8.65. The Morgan fingerprint density at radius 3 is 2.62 bits per heavy atom. The lowest BCUT2D eigenvalue weighted by Crippen LogP contribution is -2.15. The number of anilines is 1. The highest BCUT2D eigenvalue weighted by Crippen LogP contribution is 2.51. The second-order valence-corrected chi connectivity index (χ2v) is 7.49. The normalized spacial score (nSPS) is 19.6. The molecule has 1 aliphatic rings. The van der Waals surface area contributed by atoms with Crippen LogP contribution in [0.3, 0.4) is 0 Å². The fourth-order valence-corrected chi connectivity index (χ4v) is 4.21. The van der Waals surface area contributed by atoms with Crippen LogP contribution in [0.15, 0.2) is 24.3 Å². The lowest BCUT2D eigenvalue weighted by molar-refractivity contribution is -0.138. The summed E-state index contributed by atoms with van der Waals surface area (Å²) in [4.78, 5) is 12.4. The highest BCUT2D eigenvalue weighted by molar-refractivity contribution is 7.15. The Labute approximate surface area is 153 Å². The molecule has 2 unspecified atom stereocenters. The van der Waals surface area contributed by atoms with E-state index in [0.717, 1.165) is 23.9 Å². The van der Waals surface area contributed by atoms with Gasteiger partial charge in [-0.05, 0) is 36.8 Å². The van der Waals surface area contributed by atoms with E-state index >= 15 is 0 Å². The van der Waals surface area contributed by atoms with Crippen LogP contribution in [0.4, 0.5) is 18.3 Å². The van der Waals surface area contributed by atoms with E-state index in [1.54, 1.807) is 6.07 Å².